The molecule has 0 aromatic heterocycles. The van der Waals surface area contributed by atoms with Crippen molar-refractivity contribution in [1.29, 1.82) is 0 Å². The van der Waals surface area contributed by atoms with E-state index in [4.69, 9.17) is 4.74 Å². The molecule has 0 saturated carbocycles. The Labute approximate surface area is 114 Å². The first-order valence-electron chi connectivity index (χ1n) is 6.84. The van der Waals surface area contributed by atoms with E-state index in [9.17, 15) is 0 Å². The third-order valence-corrected chi connectivity index (χ3v) is 4.14. The summed E-state index contributed by atoms with van der Waals surface area (Å²) in [6.07, 6.45) is 7.21. The molecule has 100 valence electrons. The fraction of sp³-hybridized carbons (Fsp3) is 0.600. The second kappa shape index (κ2) is 7.05. The largest absolute Gasteiger partial charge is 0.382 e. The average Bonchev–Trinajstić information content (AvgIpc) is 2.40. The lowest BCUT2D eigenvalue weighted by Crippen LogP contribution is -2.33. The van der Waals surface area contributed by atoms with Gasteiger partial charge in [-0.3, -0.25) is 0 Å². The minimum atomic E-state index is 0.449. The van der Waals surface area contributed by atoms with Crippen molar-refractivity contribution in [3.05, 3.63) is 24.3 Å². The molecule has 0 amide bonds. The number of ether oxygens (including phenoxy) is 1. The highest BCUT2D eigenvalue weighted by molar-refractivity contribution is 7.98. The van der Waals surface area contributed by atoms with E-state index in [-0.39, 0.29) is 0 Å². The van der Waals surface area contributed by atoms with Crippen molar-refractivity contribution in [2.24, 2.45) is 0 Å². The van der Waals surface area contributed by atoms with Crippen molar-refractivity contribution in [1.82, 2.24) is 0 Å². The molecule has 1 aliphatic rings. The zero-order valence-electron chi connectivity index (χ0n) is 11.3. The fourth-order valence-corrected chi connectivity index (χ4v) is 2.94. The van der Waals surface area contributed by atoms with Crippen LogP contribution < -0.4 is 5.32 Å². The molecule has 2 rings (SSSR count). The van der Waals surface area contributed by atoms with Gasteiger partial charge in [0.05, 0.1) is 6.10 Å². The van der Waals surface area contributed by atoms with E-state index in [1.165, 1.54) is 23.4 Å². The van der Waals surface area contributed by atoms with Gasteiger partial charge in [-0.2, -0.15) is 0 Å². The second-order valence-electron chi connectivity index (χ2n) is 4.88. The molecule has 2 atom stereocenters. The van der Waals surface area contributed by atoms with Gasteiger partial charge in [-0.15, -0.1) is 11.8 Å². The van der Waals surface area contributed by atoms with Gasteiger partial charge < -0.3 is 10.1 Å². The van der Waals surface area contributed by atoms with Crippen molar-refractivity contribution in [3.8, 4) is 0 Å². The number of hydrogen-bond donors (Lipinski definition) is 1. The summed E-state index contributed by atoms with van der Waals surface area (Å²) in [5.74, 6) is 0. The third kappa shape index (κ3) is 3.92. The zero-order valence-corrected chi connectivity index (χ0v) is 12.1. The average molecular weight is 265 g/mol. The van der Waals surface area contributed by atoms with E-state index in [0.717, 1.165) is 19.4 Å². The van der Waals surface area contributed by atoms with Crippen LogP contribution in [0.2, 0.25) is 0 Å². The molecule has 0 spiro atoms. The van der Waals surface area contributed by atoms with Crippen LogP contribution in [0.5, 0.6) is 0 Å². The SMILES string of the molecule is CCCC1CC(Nc2cccc(SC)c2)CCO1. The third-order valence-electron chi connectivity index (χ3n) is 3.42. The lowest BCUT2D eigenvalue weighted by atomic mass is 10.00. The molecule has 0 radical (unpaired) electrons. The molecule has 0 aliphatic carbocycles. The number of rotatable bonds is 5. The summed E-state index contributed by atoms with van der Waals surface area (Å²) in [4.78, 5) is 1.32. The molecule has 3 heteroatoms. The van der Waals surface area contributed by atoms with E-state index < -0.39 is 0 Å². The van der Waals surface area contributed by atoms with Crippen molar-refractivity contribution >= 4 is 17.4 Å². The highest BCUT2D eigenvalue weighted by atomic mass is 32.2. The van der Waals surface area contributed by atoms with Crippen molar-refractivity contribution in [3.63, 3.8) is 0 Å². The van der Waals surface area contributed by atoms with Gasteiger partial charge in [-0.05, 0) is 43.7 Å². The summed E-state index contributed by atoms with van der Waals surface area (Å²) in [6, 6.07) is 9.22. The van der Waals surface area contributed by atoms with Crippen LogP contribution in [0.25, 0.3) is 0 Å². The van der Waals surface area contributed by atoms with Crippen molar-refractivity contribution < 1.29 is 4.74 Å². The molecular formula is C15H23NOS. The predicted octanol–water partition coefficient (Wildman–Crippen LogP) is 4.17. The van der Waals surface area contributed by atoms with Crippen LogP contribution in [0, 0.1) is 0 Å². The number of nitrogens with one attached hydrogen (secondary N) is 1. The highest BCUT2D eigenvalue weighted by Crippen LogP contribution is 2.24. The Morgan fingerprint density at radius 3 is 3.11 bits per heavy atom. The Balaban J connectivity index is 1.91. The van der Waals surface area contributed by atoms with E-state index in [0.29, 0.717) is 12.1 Å². The molecule has 1 aromatic rings. The molecule has 1 N–H and O–H groups in total. The van der Waals surface area contributed by atoms with Gasteiger partial charge in [-0.1, -0.05) is 19.4 Å². The van der Waals surface area contributed by atoms with E-state index in [2.05, 4.69) is 42.8 Å². The minimum absolute atomic E-state index is 0.449. The van der Waals surface area contributed by atoms with E-state index >= 15 is 0 Å². The normalized spacial score (nSPS) is 23.9. The van der Waals surface area contributed by atoms with E-state index in [1.807, 2.05) is 0 Å². The number of thioether (sulfide) groups is 1. The Bertz CT molecular complexity index is 367. The molecule has 1 aromatic carbocycles. The predicted molar refractivity (Wildman–Crippen MR) is 79.5 cm³/mol. The fourth-order valence-electron chi connectivity index (χ4n) is 2.48. The Hall–Kier alpha value is -0.670. The molecule has 1 heterocycles. The maximum atomic E-state index is 5.79. The Kier molecular flexibility index (Phi) is 5.39. The van der Waals surface area contributed by atoms with Gasteiger partial charge in [0.1, 0.15) is 0 Å². The molecule has 1 aliphatic heterocycles. The maximum absolute atomic E-state index is 5.79. The number of benzene rings is 1. The topological polar surface area (TPSA) is 21.3 Å². The van der Waals surface area contributed by atoms with Gasteiger partial charge >= 0.3 is 0 Å². The van der Waals surface area contributed by atoms with Crippen LogP contribution in [0.15, 0.2) is 29.2 Å². The summed E-state index contributed by atoms with van der Waals surface area (Å²) in [5.41, 5.74) is 1.24. The van der Waals surface area contributed by atoms with Crippen LogP contribution in [0.3, 0.4) is 0 Å². The van der Waals surface area contributed by atoms with Gasteiger partial charge in [0.15, 0.2) is 0 Å². The molecule has 18 heavy (non-hydrogen) atoms. The summed E-state index contributed by atoms with van der Waals surface area (Å²) in [5, 5.41) is 3.65. The first-order valence-corrected chi connectivity index (χ1v) is 8.06. The zero-order chi connectivity index (χ0) is 12.8. The standard InChI is InChI=1S/C15H23NOS/c1-3-5-14-10-13(8-9-17-14)16-12-6-4-7-15(11-12)18-2/h4,6-7,11,13-14,16H,3,5,8-10H2,1-2H3. The molecule has 2 unspecified atom stereocenters. The van der Waals surface area contributed by atoms with Crippen molar-refractivity contribution in [2.75, 3.05) is 18.2 Å². The summed E-state index contributed by atoms with van der Waals surface area (Å²) in [7, 11) is 0. The van der Waals surface area contributed by atoms with Gasteiger partial charge in [0.2, 0.25) is 0 Å². The lowest BCUT2D eigenvalue weighted by Gasteiger charge is -2.30. The van der Waals surface area contributed by atoms with Gasteiger partial charge in [0.25, 0.3) is 0 Å². The maximum Gasteiger partial charge on any atom is 0.0594 e. The summed E-state index contributed by atoms with van der Waals surface area (Å²) < 4.78 is 5.79. The van der Waals surface area contributed by atoms with Gasteiger partial charge in [-0.25, -0.2) is 0 Å². The van der Waals surface area contributed by atoms with Crippen LogP contribution in [-0.4, -0.2) is 25.0 Å². The van der Waals surface area contributed by atoms with Crippen LogP contribution in [-0.2, 0) is 4.74 Å². The highest BCUT2D eigenvalue weighted by Gasteiger charge is 2.21. The van der Waals surface area contributed by atoms with Gasteiger partial charge in [0, 0.05) is 23.2 Å². The van der Waals surface area contributed by atoms with Crippen LogP contribution in [0.1, 0.15) is 32.6 Å². The smallest absolute Gasteiger partial charge is 0.0594 e. The minimum Gasteiger partial charge on any atom is -0.382 e. The van der Waals surface area contributed by atoms with Crippen molar-refractivity contribution in [2.45, 2.75) is 49.6 Å². The summed E-state index contributed by atoms with van der Waals surface area (Å²) >= 11 is 1.79. The molecule has 1 saturated heterocycles. The molecular weight excluding hydrogens is 242 g/mol. The first kappa shape index (κ1) is 13.8. The molecule has 2 nitrogen and oxygen atoms in total. The lowest BCUT2D eigenvalue weighted by molar-refractivity contribution is 0.00598. The monoisotopic (exact) mass is 265 g/mol. The Morgan fingerprint density at radius 1 is 1.44 bits per heavy atom. The molecule has 1 fully saturated rings. The quantitative estimate of drug-likeness (QED) is 0.807. The first-order chi connectivity index (χ1) is 8.81. The van der Waals surface area contributed by atoms with E-state index in [1.54, 1.807) is 11.8 Å². The van der Waals surface area contributed by atoms with Crippen LogP contribution in [0.4, 0.5) is 5.69 Å². The number of hydrogen-bond acceptors (Lipinski definition) is 3. The number of anilines is 1. The molecule has 0 bridgehead atoms. The summed E-state index contributed by atoms with van der Waals surface area (Å²) in [6.45, 7) is 3.12. The Morgan fingerprint density at radius 2 is 2.33 bits per heavy atom. The second-order valence-corrected chi connectivity index (χ2v) is 5.76. The van der Waals surface area contributed by atoms with Crippen LogP contribution >= 0.6 is 11.8 Å².